The van der Waals surface area contributed by atoms with E-state index in [1.165, 1.54) is 0 Å². The summed E-state index contributed by atoms with van der Waals surface area (Å²) < 4.78 is 0. The number of amides is 2. The molecule has 1 aromatic carbocycles. The maximum Gasteiger partial charge on any atom is 0.319 e. The number of anilines is 1. The highest BCUT2D eigenvalue weighted by atomic mass is 16.4. The van der Waals surface area contributed by atoms with E-state index in [0.29, 0.717) is 18.7 Å². The van der Waals surface area contributed by atoms with Crippen LogP contribution in [0.2, 0.25) is 0 Å². The first-order chi connectivity index (χ1) is 9.11. The average molecular weight is 264 g/mol. The Bertz CT molecular complexity index is 432. The van der Waals surface area contributed by atoms with Gasteiger partial charge in [-0.05, 0) is 30.5 Å². The van der Waals surface area contributed by atoms with Crippen LogP contribution < -0.4 is 10.6 Å². The maximum absolute atomic E-state index is 11.5. The Labute approximate surface area is 113 Å². The van der Waals surface area contributed by atoms with E-state index in [-0.39, 0.29) is 12.5 Å². The molecule has 0 aliphatic carbocycles. The third-order valence-corrected chi connectivity index (χ3v) is 2.63. The number of nitrogens with one attached hydrogen (secondary N) is 2. The first-order valence-corrected chi connectivity index (χ1v) is 6.47. The number of aliphatic carboxylic acids is 1. The minimum absolute atomic E-state index is 0.0894. The zero-order valence-corrected chi connectivity index (χ0v) is 11.1. The van der Waals surface area contributed by atoms with Crippen molar-refractivity contribution in [3.05, 3.63) is 29.8 Å². The summed E-state index contributed by atoms with van der Waals surface area (Å²) in [5.41, 5.74) is 1.57. The van der Waals surface area contributed by atoms with E-state index in [0.717, 1.165) is 18.4 Å². The van der Waals surface area contributed by atoms with Crippen molar-refractivity contribution in [2.45, 2.75) is 32.6 Å². The Hall–Kier alpha value is -2.04. The molecule has 0 atom stereocenters. The van der Waals surface area contributed by atoms with Gasteiger partial charge in [0.15, 0.2) is 0 Å². The third kappa shape index (κ3) is 6.45. The Balaban J connectivity index is 2.47. The normalized spacial score (nSPS) is 9.95. The minimum atomic E-state index is -0.823. The molecule has 0 bridgehead atoms. The number of hydrogen-bond acceptors (Lipinski definition) is 2. The van der Waals surface area contributed by atoms with Crippen LogP contribution in [0, 0.1) is 0 Å². The van der Waals surface area contributed by atoms with Gasteiger partial charge in [0, 0.05) is 18.7 Å². The lowest BCUT2D eigenvalue weighted by molar-refractivity contribution is -0.136. The van der Waals surface area contributed by atoms with Crippen molar-refractivity contribution in [1.82, 2.24) is 5.32 Å². The van der Waals surface area contributed by atoms with Crippen LogP contribution >= 0.6 is 0 Å². The van der Waals surface area contributed by atoms with E-state index < -0.39 is 5.97 Å². The molecule has 0 aliphatic heterocycles. The molecule has 1 aromatic rings. The molecule has 0 fully saturated rings. The van der Waals surface area contributed by atoms with Gasteiger partial charge in [0.2, 0.25) is 0 Å². The van der Waals surface area contributed by atoms with Gasteiger partial charge in [0.05, 0.1) is 0 Å². The fourth-order valence-electron chi connectivity index (χ4n) is 1.61. The summed E-state index contributed by atoms with van der Waals surface area (Å²) >= 11 is 0. The van der Waals surface area contributed by atoms with Crippen molar-refractivity contribution in [1.29, 1.82) is 0 Å². The summed E-state index contributed by atoms with van der Waals surface area (Å²) in [7, 11) is 0. The summed E-state index contributed by atoms with van der Waals surface area (Å²) in [5.74, 6) is -0.823. The lowest BCUT2D eigenvalue weighted by Crippen LogP contribution is -2.29. The molecule has 19 heavy (non-hydrogen) atoms. The van der Waals surface area contributed by atoms with Crippen LogP contribution in [0.15, 0.2) is 24.3 Å². The number of carbonyl (C=O) groups is 2. The van der Waals surface area contributed by atoms with Crippen LogP contribution in [0.1, 0.15) is 31.7 Å². The number of carbonyl (C=O) groups excluding carboxylic acids is 1. The molecule has 0 saturated carbocycles. The number of aryl methyl sites for hydroxylation is 1. The topological polar surface area (TPSA) is 78.4 Å². The van der Waals surface area contributed by atoms with Gasteiger partial charge in [-0.25, -0.2) is 4.79 Å². The molecule has 104 valence electrons. The van der Waals surface area contributed by atoms with E-state index >= 15 is 0 Å². The van der Waals surface area contributed by atoms with E-state index in [2.05, 4.69) is 17.6 Å². The van der Waals surface area contributed by atoms with Crippen LogP contribution in [0.3, 0.4) is 0 Å². The fraction of sp³-hybridized carbons (Fsp3) is 0.429. The molecule has 0 aliphatic rings. The first kappa shape index (κ1) is 15.0. The van der Waals surface area contributed by atoms with E-state index in [4.69, 9.17) is 5.11 Å². The van der Waals surface area contributed by atoms with Crippen molar-refractivity contribution < 1.29 is 14.7 Å². The van der Waals surface area contributed by atoms with Crippen molar-refractivity contribution in [2.24, 2.45) is 0 Å². The molecule has 0 heterocycles. The molecular formula is C14H20N2O3. The molecule has 1 rings (SSSR count). The fourth-order valence-corrected chi connectivity index (χ4v) is 1.61. The monoisotopic (exact) mass is 264 g/mol. The maximum atomic E-state index is 11.5. The predicted octanol–water partition coefficient (Wildman–Crippen LogP) is 2.63. The second kappa shape index (κ2) is 8.13. The van der Waals surface area contributed by atoms with Crippen molar-refractivity contribution in [3.8, 4) is 0 Å². The number of urea groups is 1. The molecule has 0 aromatic heterocycles. The van der Waals surface area contributed by atoms with Crippen LogP contribution in [0.25, 0.3) is 0 Å². The summed E-state index contributed by atoms with van der Waals surface area (Å²) in [5, 5.41) is 14.1. The molecule has 0 unspecified atom stereocenters. The van der Waals surface area contributed by atoms with E-state index in [9.17, 15) is 9.59 Å². The molecule has 2 amide bonds. The van der Waals surface area contributed by atoms with Gasteiger partial charge in [-0.1, -0.05) is 25.5 Å². The lowest BCUT2D eigenvalue weighted by Gasteiger charge is -2.08. The summed E-state index contributed by atoms with van der Waals surface area (Å²) in [6.45, 7) is 2.71. The molecule has 0 saturated heterocycles. The highest BCUT2D eigenvalue weighted by Gasteiger charge is 2.03. The second-order valence-corrected chi connectivity index (χ2v) is 4.33. The smallest absolute Gasteiger partial charge is 0.319 e. The third-order valence-electron chi connectivity index (χ3n) is 2.63. The highest BCUT2D eigenvalue weighted by molar-refractivity contribution is 5.89. The molecule has 5 heteroatoms. The van der Waals surface area contributed by atoms with Gasteiger partial charge in [0.1, 0.15) is 0 Å². The van der Waals surface area contributed by atoms with Crippen LogP contribution in [0.4, 0.5) is 10.5 Å². The number of benzene rings is 1. The number of unbranched alkanes of at least 4 members (excludes halogenated alkanes) is 1. The standard InChI is InChI=1S/C14H20N2O3/c1-2-3-9-15-14(19)16-12-6-4-5-11(10-12)7-8-13(17)18/h4-6,10H,2-3,7-9H2,1H3,(H,17,18)(H2,15,16,19). The molecule has 3 N–H and O–H groups in total. The SMILES string of the molecule is CCCCNC(=O)Nc1cccc(CCC(=O)O)c1. The Morgan fingerprint density at radius 1 is 1.32 bits per heavy atom. The Morgan fingerprint density at radius 3 is 2.79 bits per heavy atom. The number of rotatable bonds is 7. The number of carboxylic acid groups (broad SMARTS) is 1. The molecule has 0 radical (unpaired) electrons. The average Bonchev–Trinajstić information content (AvgIpc) is 2.37. The van der Waals surface area contributed by atoms with E-state index in [1.54, 1.807) is 18.2 Å². The lowest BCUT2D eigenvalue weighted by atomic mass is 10.1. The largest absolute Gasteiger partial charge is 0.481 e. The second-order valence-electron chi connectivity index (χ2n) is 4.33. The van der Waals surface area contributed by atoms with Gasteiger partial charge in [0.25, 0.3) is 0 Å². The van der Waals surface area contributed by atoms with Gasteiger partial charge in [-0.3, -0.25) is 4.79 Å². The van der Waals surface area contributed by atoms with Gasteiger partial charge in [-0.2, -0.15) is 0 Å². The van der Waals surface area contributed by atoms with Gasteiger partial charge >= 0.3 is 12.0 Å². The molecular weight excluding hydrogens is 244 g/mol. The van der Waals surface area contributed by atoms with Crippen LogP contribution in [-0.2, 0) is 11.2 Å². The molecule has 5 nitrogen and oxygen atoms in total. The van der Waals surface area contributed by atoms with Crippen LogP contribution in [-0.4, -0.2) is 23.7 Å². The quantitative estimate of drug-likeness (QED) is 0.662. The van der Waals surface area contributed by atoms with E-state index in [1.807, 2.05) is 6.07 Å². The first-order valence-electron chi connectivity index (χ1n) is 6.47. The van der Waals surface area contributed by atoms with Crippen molar-refractivity contribution in [2.75, 3.05) is 11.9 Å². The van der Waals surface area contributed by atoms with Crippen LogP contribution in [0.5, 0.6) is 0 Å². The summed E-state index contributed by atoms with van der Waals surface area (Å²) in [6, 6.07) is 7.00. The van der Waals surface area contributed by atoms with Gasteiger partial charge < -0.3 is 15.7 Å². The van der Waals surface area contributed by atoms with Crippen molar-refractivity contribution in [3.63, 3.8) is 0 Å². The molecule has 0 spiro atoms. The predicted molar refractivity (Wildman–Crippen MR) is 74.3 cm³/mol. The highest BCUT2D eigenvalue weighted by Crippen LogP contribution is 2.12. The minimum Gasteiger partial charge on any atom is -0.481 e. The van der Waals surface area contributed by atoms with Crippen molar-refractivity contribution >= 4 is 17.7 Å². The zero-order valence-electron chi connectivity index (χ0n) is 11.1. The Morgan fingerprint density at radius 2 is 2.11 bits per heavy atom. The zero-order chi connectivity index (χ0) is 14.1. The number of hydrogen-bond donors (Lipinski definition) is 3. The van der Waals surface area contributed by atoms with Gasteiger partial charge in [-0.15, -0.1) is 0 Å². The summed E-state index contributed by atoms with van der Waals surface area (Å²) in [6.07, 6.45) is 2.53. The summed E-state index contributed by atoms with van der Waals surface area (Å²) in [4.78, 5) is 22.1. The number of carboxylic acids is 1. The Kier molecular flexibility index (Phi) is 6.43.